The molecule has 0 unspecified atom stereocenters. The minimum absolute atomic E-state index is 0.270. The van der Waals surface area contributed by atoms with Crippen LogP contribution in [0.3, 0.4) is 0 Å². The molecular formula is C24H30N2O2. The summed E-state index contributed by atoms with van der Waals surface area (Å²) in [7, 11) is 1.69. The van der Waals surface area contributed by atoms with Crippen molar-refractivity contribution in [3.05, 3.63) is 59.4 Å². The van der Waals surface area contributed by atoms with Gasteiger partial charge in [0.2, 0.25) is 5.91 Å². The number of methoxy groups -OCH3 is 1. The number of hydrogen-bond donors (Lipinski definition) is 0. The highest BCUT2D eigenvalue weighted by Crippen LogP contribution is 2.31. The molecule has 2 aromatic rings. The third-order valence-corrected chi connectivity index (χ3v) is 6.20. The number of likely N-dealkylation sites (tertiary alicyclic amines) is 1. The van der Waals surface area contributed by atoms with Crippen LogP contribution in [-0.4, -0.2) is 36.0 Å². The van der Waals surface area contributed by atoms with Crippen molar-refractivity contribution >= 4 is 5.91 Å². The van der Waals surface area contributed by atoms with Crippen molar-refractivity contribution in [3.8, 4) is 5.75 Å². The molecule has 1 aliphatic carbocycles. The van der Waals surface area contributed by atoms with Crippen LogP contribution in [-0.2, 0) is 11.2 Å². The zero-order valence-corrected chi connectivity index (χ0v) is 16.8. The summed E-state index contributed by atoms with van der Waals surface area (Å²) in [5.74, 6) is 1.88. The smallest absolute Gasteiger partial charge is 0.225 e. The summed E-state index contributed by atoms with van der Waals surface area (Å²) in [5, 5.41) is 0. The molecule has 1 saturated carbocycles. The van der Waals surface area contributed by atoms with Gasteiger partial charge in [0.05, 0.1) is 7.11 Å². The normalized spacial score (nSPS) is 20.3. The van der Waals surface area contributed by atoms with E-state index in [1.54, 1.807) is 7.11 Å². The van der Waals surface area contributed by atoms with Crippen molar-refractivity contribution < 1.29 is 9.53 Å². The Labute approximate surface area is 167 Å². The SMILES string of the molecule is COc1cccc(Cc2cccc([C@H]3CCCN(C(=O)C4CCCC4)C3)n2)c1. The second-order valence-electron chi connectivity index (χ2n) is 8.19. The topological polar surface area (TPSA) is 42.4 Å². The molecule has 4 nitrogen and oxygen atoms in total. The van der Waals surface area contributed by atoms with Crippen LogP contribution < -0.4 is 4.74 Å². The Bertz CT molecular complexity index is 814. The van der Waals surface area contributed by atoms with Gasteiger partial charge in [-0.25, -0.2) is 0 Å². The Morgan fingerprint density at radius 2 is 1.93 bits per heavy atom. The van der Waals surface area contributed by atoms with Gasteiger partial charge in [-0.1, -0.05) is 31.0 Å². The van der Waals surface area contributed by atoms with E-state index < -0.39 is 0 Å². The maximum Gasteiger partial charge on any atom is 0.225 e. The number of piperidine rings is 1. The molecule has 4 rings (SSSR count). The van der Waals surface area contributed by atoms with E-state index in [9.17, 15) is 4.79 Å². The van der Waals surface area contributed by atoms with E-state index in [4.69, 9.17) is 9.72 Å². The first-order chi connectivity index (χ1) is 13.7. The molecule has 0 N–H and O–H groups in total. The summed E-state index contributed by atoms with van der Waals surface area (Å²) in [6.07, 6.45) is 7.56. The van der Waals surface area contributed by atoms with Gasteiger partial charge in [-0.05, 0) is 55.5 Å². The fourth-order valence-electron chi connectivity index (χ4n) is 4.67. The number of nitrogens with zero attached hydrogens (tertiary/aromatic N) is 2. The van der Waals surface area contributed by atoms with Gasteiger partial charge in [-0.15, -0.1) is 0 Å². The van der Waals surface area contributed by atoms with E-state index in [2.05, 4.69) is 35.2 Å². The Hall–Kier alpha value is -2.36. The number of ether oxygens (including phenoxy) is 1. The zero-order valence-electron chi connectivity index (χ0n) is 16.8. The molecule has 2 fully saturated rings. The summed E-state index contributed by atoms with van der Waals surface area (Å²) in [6, 6.07) is 14.5. The monoisotopic (exact) mass is 378 g/mol. The molecule has 1 saturated heterocycles. The van der Waals surface area contributed by atoms with Gasteiger partial charge < -0.3 is 9.64 Å². The zero-order chi connectivity index (χ0) is 19.3. The molecule has 0 radical (unpaired) electrons. The van der Waals surface area contributed by atoms with E-state index in [0.29, 0.717) is 11.8 Å². The lowest BCUT2D eigenvalue weighted by atomic mass is 9.92. The summed E-state index contributed by atoms with van der Waals surface area (Å²) < 4.78 is 5.33. The summed E-state index contributed by atoms with van der Waals surface area (Å²) in [6.45, 7) is 1.74. The number of amides is 1. The molecule has 4 heteroatoms. The highest BCUT2D eigenvalue weighted by molar-refractivity contribution is 5.79. The minimum Gasteiger partial charge on any atom is -0.497 e. The van der Waals surface area contributed by atoms with E-state index in [1.807, 2.05) is 12.1 Å². The fourth-order valence-corrected chi connectivity index (χ4v) is 4.67. The predicted octanol–water partition coefficient (Wildman–Crippen LogP) is 4.58. The van der Waals surface area contributed by atoms with Crippen molar-refractivity contribution in [1.29, 1.82) is 0 Å². The average molecular weight is 379 g/mol. The number of pyridine rings is 1. The fraction of sp³-hybridized carbons (Fsp3) is 0.500. The molecule has 2 heterocycles. The van der Waals surface area contributed by atoms with Crippen LogP contribution in [0.4, 0.5) is 0 Å². The van der Waals surface area contributed by atoms with Gasteiger partial charge in [0.25, 0.3) is 0 Å². The van der Waals surface area contributed by atoms with Crippen LogP contribution in [0.15, 0.2) is 42.5 Å². The highest BCUT2D eigenvalue weighted by Gasteiger charge is 2.31. The Morgan fingerprint density at radius 1 is 1.11 bits per heavy atom. The van der Waals surface area contributed by atoms with Crippen LogP contribution in [0, 0.1) is 5.92 Å². The number of benzene rings is 1. The average Bonchev–Trinajstić information content (AvgIpc) is 3.28. The van der Waals surface area contributed by atoms with Crippen molar-refractivity contribution in [1.82, 2.24) is 9.88 Å². The predicted molar refractivity (Wildman–Crippen MR) is 111 cm³/mol. The van der Waals surface area contributed by atoms with Gasteiger partial charge in [-0.2, -0.15) is 0 Å². The van der Waals surface area contributed by atoms with Crippen molar-refractivity contribution in [2.75, 3.05) is 20.2 Å². The van der Waals surface area contributed by atoms with Crippen LogP contribution in [0.25, 0.3) is 0 Å². The summed E-state index contributed by atoms with van der Waals surface area (Å²) >= 11 is 0. The summed E-state index contributed by atoms with van der Waals surface area (Å²) in [5.41, 5.74) is 3.40. The first-order valence-corrected chi connectivity index (χ1v) is 10.6. The molecule has 1 aromatic carbocycles. The highest BCUT2D eigenvalue weighted by atomic mass is 16.5. The maximum atomic E-state index is 12.8. The lowest BCUT2D eigenvalue weighted by Gasteiger charge is -2.34. The Balaban J connectivity index is 1.45. The molecule has 1 amide bonds. The largest absolute Gasteiger partial charge is 0.497 e. The molecule has 0 bridgehead atoms. The minimum atomic E-state index is 0.270. The Morgan fingerprint density at radius 3 is 2.75 bits per heavy atom. The van der Waals surface area contributed by atoms with Crippen LogP contribution in [0.1, 0.15) is 61.4 Å². The van der Waals surface area contributed by atoms with Gasteiger partial charge in [0.15, 0.2) is 0 Å². The number of rotatable bonds is 5. The molecule has 148 valence electrons. The molecule has 0 spiro atoms. The quantitative estimate of drug-likeness (QED) is 0.765. The van der Waals surface area contributed by atoms with Crippen LogP contribution in [0.2, 0.25) is 0 Å². The van der Waals surface area contributed by atoms with Gasteiger partial charge >= 0.3 is 0 Å². The van der Waals surface area contributed by atoms with Crippen LogP contribution in [0.5, 0.6) is 5.75 Å². The molecule has 1 atom stereocenters. The van der Waals surface area contributed by atoms with Crippen molar-refractivity contribution in [2.45, 2.75) is 50.9 Å². The van der Waals surface area contributed by atoms with Crippen molar-refractivity contribution in [3.63, 3.8) is 0 Å². The Kier molecular flexibility index (Phi) is 5.94. The number of hydrogen-bond acceptors (Lipinski definition) is 3. The summed E-state index contributed by atoms with van der Waals surface area (Å²) in [4.78, 5) is 19.9. The third kappa shape index (κ3) is 4.37. The number of carbonyl (C=O) groups is 1. The maximum absolute atomic E-state index is 12.8. The number of aromatic nitrogens is 1. The van der Waals surface area contributed by atoms with E-state index in [-0.39, 0.29) is 5.92 Å². The molecule has 28 heavy (non-hydrogen) atoms. The van der Waals surface area contributed by atoms with E-state index >= 15 is 0 Å². The molecule has 1 aromatic heterocycles. The first-order valence-electron chi connectivity index (χ1n) is 10.6. The van der Waals surface area contributed by atoms with E-state index in [1.165, 1.54) is 18.4 Å². The molecule has 1 aliphatic heterocycles. The standard InChI is InChI=1S/C24H30N2O2/c1-28-22-12-4-7-18(16-22)15-21-11-5-13-23(25-21)20-10-6-14-26(17-20)24(27)19-8-2-3-9-19/h4-5,7,11-13,16,19-20H,2-3,6,8-10,14-15,17H2,1H3/t20-/m0/s1. The third-order valence-electron chi connectivity index (χ3n) is 6.20. The number of carbonyl (C=O) groups excluding carboxylic acids is 1. The van der Waals surface area contributed by atoms with Gasteiger partial charge in [0, 0.05) is 42.7 Å². The lowest BCUT2D eigenvalue weighted by Crippen LogP contribution is -2.42. The second-order valence-corrected chi connectivity index (χ2v) is 8.19. The van der Waals surface area contributed by atoms with Gasteiger partial charge in [0.1, 0.15) is 5.75 Å². The van der Waals surface area contributed by atoms with Gasteiger partial charge in [-0.3, -0.25) is 9.78 Å². The first kappa shape index (κ1) is 19.0. The molecular weight excluding hydrogens is 348 g/mol. The second kappa shape index (κ2) is 8.76. The lowest BCUT2D eigenvalue weighted by molar-refractivity contribution is -0.136. The van der Waals surface area contributed by atoms with Crippen molar-refractivity contribution in [2.24, 2.45) is 5.92 Å². The van der Waals surface area contributed by atoms with E-state index in [0.717, 1.165) is 62.3 Å². The molecule has 2 aliphatic rings. The van der Waals surface area contributed by atoms with Crippen LogP contribution >= 0.6 is 0 Å².